The second-order valence-electron chi connectivity index (χ2n) is 7.91. The molecule has 1 N–H and O–H groups in total. The highest BCUT2D eigenvalue weighted by atomic mass is 79.9. The van der Waals surface area contributed by atoms with Gasteiger partial charge in [-0.25, -0.2) is 4.79 Å². The van der Waals surface area contributed by atoms with Gasteiger partial charge < -0.3 is 10.1 Å². The number of hydrogen-bond donors (Lipinski definition) is 1. The lowest BCUT2D eigenvalue weighted by molar-refractivity contribution is -0.138. The number of allylic oxidation sites excluding steroid dienone is 3. The summed E-state index contributed by atoms with van der Waals surface area (Å²) in [6.45, 7) is 8.34. The number of rotatable bonds is 4. The maximum Gasteiger partial charge on any atom is 0.336 e. The minimum Gasteiger partial charge on any atom is -0.463 e. The molecule has 0 radical (unpaired) electrons. The van der Waals surface area contributed by atoms with Crippen LogP contribution >= 0.6 is 15.9 Å². The fourth-order valence-corrected chi connectivity index (χ4v) is 4.33. The zero-order chi connectivity index (χ0) is 19.8. The molecule has 5 heteroatoms. The summed E-state index contributed by atoms with van der Waals surface area (Å²) in [4.78, 5) is 26.0. The molecule has 0 saturated heterocycles. The van der Waals surface area contributed by atoms with Gasteiger partial charge in [-0.2, -0.15) is 0 Å². The van der Waals surface area contributed by atoms with Crippen molar-refractivity contribution in [3.05, 3.63) is 56.8 Å². The lowest BCUT2D eigenvalue weighted by Gasteiger charge is -2.40. The number of ether oxygens (including phenoxy) is 1. The van der Waals surface area contributed by atoms with Gasteiger partial charge in [-0.1, -0.05) is 48.8 Å². The van der Waals surface area contributed by atoms with Gasteiger partial charge in [0.1, 0.15) is 0 Å². The first kappa shape index (κ1) is 19.9. The second-order valence-corrected chi connectivity index (χ2v) is 8.82. The fraction of sp³-hybridized carbons (Fsp3) is 0.455. The Balaban J connectivity index is 2.20. The third-order valence-electron chi connectivity index (χ3n) is 5.18. The molecule has 1 aliphatic carbocycles. The molecular weight excluding hydrogens is 406 g/mol. The summed E-state index contributed by atoms with van der Waals surface area (Å²) in [5, 5.41) is 3.42. The van der Waals surface area contributed by atoms with Crippen LogP contribution in [-0.2, 0) is 14.3 Å². The Morgan fingerprint density at radius 2 is 1.89 bits per heavy atom. The highest BCUT2D eigenvalue weighted by Gasteiger charge is 2.43. The van der Waals surface area contributed by atoms with E-state index in [0.717, 1.165) is 33.4 Å². The third kappa shape index (κ3) is 3.88. The van der Waals surface area contributed by atoms with Crippen molar-refractivity contribution in [2.75, 3.05) is 6.61 Å². The highest BCUT2D eigenvalue weighted by molar-refractivity contribution is 9.10. The lowest BCUT2D eigenvalue weighted by Crippen LogP contribution is -2.39. The summed E-state index contributed by atoms with van der Waals surface area (Å²) in [6, 6.07) is 7.85. The van der Waals surface area contributed by atoms with Crippen LogP contribution in [0.1, 0.15) is 58.4 Å². The SMILES string of the molecule is CCOC(=O)C1=C(CC)NC2=C(C(=O)CC(C)(C)C2)[C@H]1c1ccc(Br)cc1. The van der Waals surface area contributed by atoms with Crippen molar-refractivity contribution in [1.29, 1.82) is 0 Å². The van der Waals surface area contributed by atoms with E-state index in [9.17, 15) is 9.59 Å². The molecule has 0 bridgehead atoms. The molecular formula is C22H26BrNO3. The van der Waals surface area contributed by atoms with Crippen LogP contribution in [-0.4, -0.2) is 18.4 Å². The lowest BCUT2D eigenvalue weighted by atomic mass is 9.68. The van der Waals surface area contributed by atoms with Gasteiger partial charge >= 0.3 is 5.97 Å². The average Bonchev–Trinajstić information content (AvgIpc) is 2.59. The maximum atomic E-state index is 13.1. The fourth-order valence-electron chi connectivity index (χ4n) is 4.07. The van der Waals surface area contributed by atoms with Gasteiger partial charge in [0, 0.05) is 33.8 Å². The first-order valence-electron chi connectivity index (χ1n) is 9.46. The van der Waals surface area contributed by atoms with E-state index in [-0.39, 0.29) is 23.1 Å². The number of Topliss-reactive ketones (excluding diaryl/α,β-unsaturated/α-hetero) is 1. The van der Waals surface area contributed by atoms with Gasteiger partial charge in [-0.15, -0.1) is 0 Å². The first-order chi connectivity index (χ1) is 12.8. The topological polar surface area (TPSA) is 55.4 Å². The normalized spacial score (nSPS) is 21.7. The smallest absolute Gasteiger partial charge is 0.336 e. The van der Waals surface area contributed by atoms with Gasteiger partial charge in [0.2, 0.25) is 0 Å². The van der Waals surface area contributed by atoms with E-state index in [1.165, 1.54) is 0 Å². The number of dihydropyridines is 1. The average molecular weight is 432 g/mol. The number of halogens is 1. The molecule has 144 valence electrons. The molecule has 1 aromatic carbocycles. The second kappa shape index (κ2) is 7.63. The molecule has 1 heterocycles. The summed E-state index contributed by atoms with van der Waals surface area (Å²) >= 11 is 3.46. The Bertz CT molecular complexity index is 834. The first-order valence-corrected chi connectivity index (χ1v) is 10.3. The van der Waals surface area contributed by atoms with E-state index in [4.69, 9.17) is 4.74 Å². The minimum absolute atomic E-state index is 0.0898. The van der Waals surface area contributed by atoms with Crippen LogP contribution in [0.4, 0.5) is 0 Å². The van der Waals surface area contributed by atoms with Crippen LogP contribution in [0.5, 0.6) is 0 Å². The molecule has 0 amide bonds. The molecule has 1 atom stereocenters. The molecule has 0 spiro atoms. The van der Waals surface area contributed by atoms with Crippen molar-refractivity contribution in [1.82, 2.24) is 5.32 Å². The van der Waals surface area contributed by atoms with E-state index < -0.39 is 0 Å². The summed E-state index contributed by atoms with van der Waals surface area (Å²) in [7, 11) is 0. The molecule has 0 fully saturated rings. The molecule has 1 aliphatic heterocycles. The molecule has 0 unspecified atom stereocenters. The summed E-state index contributed by atoms with van der Waals surface area (Å²) in [5.41, 5.74) is 3.94. The Morgan fingerprint density at radius 1 is 1.22 bits per heavy atom. The van der Waals surface area contributed by atoms with Crippen molar-refractivity contribution in [3.8, 4) is 0 Å². The van der Waals surface area contributed by atoms with E-state index in [1.54, 1.807) is 6.92 Å². The van der Waals surface area contributed by atoms with Gasteiger partial charge in [-0.05, 0) is 42.9 Å². The van der Waals surface area contributed by atoms with Crippen molar-refractivity contribution in [2.45, 2.75) is 52.9 Å². The Labute approximate surface area is 169 Å². The van der Waals surface area contributed by atoms with E-state index in [0.29, 0.717) is 25.0 Å². The van der Waals surface area contributed by atoms with Crippen molar-refractivity contribution < 1.29 is 14.3 Å². The molecule has 2 aliphatic rings. The van der Waals surface area contributed by atoms with E-state index >= 15 is 0 Å². The number of benzene rings is 1. The van der Waals surface area contributed by atoms with Gasteiger partial charge in [0.05, 0.1) is 12.2 Å². The number of esters is 1. The molecule has 0 saturated carbocycles. The standard InChI is InChI=1S/C22H26BrNO3/c1-5-15-20(21(26)27-6-2)18(13-7-9-14(23)10-8-13)19-16(24-15)11-22(3,4)12-17(19)25/h7-10,18,24H,5-6,11-12H2,1-4H3/t18-/m1/s1. The van der Waals surface area contributed by atoms with Crippen LogP contribution < -0.4 is 5.32 Å². The largest absolute Gasteiger partial charge is 0.463 e. The predicted octanol–water partition coefficient (Wildman–Crippen LogP) is 5.01. The molecule has 3 rings (SSSR count). The number of carbonyl (C=O) groups is 2. The van der Waals surface area contributed by atoms with Crippen molar-refractivity contribution in [2.24, 2.45) is 5.41 Å². The quantitative estimate of drug-likeness (QED) is 0.680. The third-order valence-corrected chi connectivity index (χ3v) is 5.71. The van der Waals surface area contributed by atoms with E-state index in [2.05, 4.69) is 35.1 Å². The van der Waals surface area contributed by atoms with Crippen molar-refractivity contribution in [3.63, 3.8) is 0 Å². The molecule has 27 heavy (non-hydrogen) atoms. The minimum atomic E-state index is -0.382. The van der Waals surface area contributed by atoms with Crippen LogP contribution in [0.2, 0.25) is 0 Å². The summed E-state index contributed by atoms with van der Waals surface area (Å²) in [6.07, 6.45) is 1.95. The predicted molar refractivity (Wildman–Crippen MR) is 109 cm³/mol. The van der Waals surface area contributed by atoms with E-state index in [1.807, 2.05) is 31.2 Å². The number of nitrogens with one attached hydrogen (secondary N) is 1. The van der Waals surface area contributed by atoms with Crippen LogP contribution in [0, 0.1) is 5.41 Å². The molecule has 0 aromatic heterocycles. The van der Waals surface area contributed by atoms with Crippen LogP contribution in [0.3, 0.4) is 0 Å². The number of ketones is 1. The molecule has 4 nitrogen and oxygen atoms in total. The Hall–Kier alpha value is -1.88. The van der Waals surface area contributed by atoms with Gasteiger partial charge in [-0.3, -0.25) is 4.79 Å². The van der Waals surface area contributed by atoms with Crippen LogP contribution in [0.15, 0.2) is 51.3 Å². The van der Waals surface area contributed by atoms with Crippen molar-refractivity contribution >= 4 is 27.7 Å². The van der Waals surface area contributed by atoms with Gasteiger partial charge in [0.15, 0.2) is 5.78 Å². The van der Waals surface area contributed by atoms with Gasteiger partial charge in [0.25, 0.3) is 0 Å². The zero-order valence-corrected chi connectivity index (χ0v) is 17.9. The highest BCUT2D eigenvalue weighted by Crippen LogP contribution is 2.47. The maximum absolute atomic E-state index is 13.1. The number of carbonyl (C=O) groups excluding carboxylic acids is 2. The summed E-state index contributed by atoms with van der Waals surface area (Å²) in [5.74, 6) is -0.621. The van der Waals surface area contributed by atoms with Crippen LogP contribution in [0.25, 0.3) is 0 Å². The zero-order valence-electron chi connectivity index (χ0n) is 16.3. The Kier molecular flexibility index (Phi) is 5.61. The monoisotopic (exact) mass is 431 g/mol. The number of hydrogen-bond acceptors (Lipinski definition) is 4. The Morgan fingerprint density at radius 3 is 2.48 bits per heavy atom. The molecule has 1 aromatic rings. The summed E-state index contributed by atoms with van der Waals surface area (Å²) < 4.78 is 6.33.